The lowest BCUT2D eigenvalue weighted by molar-refractivity contribution is -0.122. The van der Waals surface area contributed by atoms with Crippen LogP contribution in [-0.2, 0) is 9.53 Å². The van der Waals surface area contributed by atoms with Gasteiger partial charge in [-0.2, -0.15) is 0 Å². The number of anilines is 1. The van der Waals surface area contributed by atoms with Gasteiger partial charge in [0, 0.05) is 0 Å². The Hall–Kier alpha value is -2.60. The van der Waals surface area contributed by atoms with E-state index in [4.69, 9.17) is 21.1 Å². The molecule has 1 amide bonds. The molecule has 0 spiro atoms. The van der Waals surface area contributed by atoms with Crippen molar-refractivity contribution in [3.63, 3.8) is 0 Å². The molecule has 0 heterocycles. The van der Waals surface area contributed by atoms with E-state index >= 15 is 0 Å². The van der Waals surface area contributed by atoms with E-state index in [-0.39, 0.29) is 11.6 Å². The van der Waals surface area contributed by atoms with Gasteiger partial charge in [0.2, 0.25) is 0 Å². The van der Waals surface area contributed by atoms with Crippen molar-refractivity contribution in [2.75, 3.05) is 11.9 Å². The van der Waals surface area contributed by atoms with E-state index in [1.165, 1.54) is 42.5 Å². The number of hydrogen-bond donors (Lipinski definition) is 1. The van der Waals surface area contributed by atoms with Gasteiger partial charge in [-0.25, -0.2) is 9.18 Å². The topological polar surface area (TPSA) is 64.6 Å². The Labute approximate surface area is 149 Å². The van der Waals surface area contributed by atoms with Crippen molar-refractivity contribution in [1.82, 2.24) is 0 Å². The van der Waals surface area contributed by atoms with Crippen molar-refractivity contribution in [3.05, 3.63) is 58.9 Å². The number of hydrogen-bond acceptors (Lipinski definition) is 4. The molecule has 0 fully saturated rings. The third-order valence-corrected chi connectivity index (χ3v) is 3.55. The van der Waals surface area contributed by atoms with Crippen LogP contribution >= 0.6 is 11.6 Å². The summed E-state index contributed by atoms with van der Waals surface area (Å²) in [4.78, 5) is 23.8. The Balaban J connectivity index is 2.01. The van der Waals surface area contributed by atoms with Gasteiger partial charge >= 0.3 is 5.97 Å². The molecular weight excluding hydrogens is 349 g/mol. The van der Waals surface area contributed by atoms with Crippen LogP contribution in [0.3, 0.4) is 0 Å². The van der Waals surface area contributed by atoms with Crippen LogP contribution < -0.4 is 10.1 Å². The van der Waals surface area contributed by atoms with Crippen LogP contribution in [-0.4, -0.2) is 24.6 Å². The van der Waals surface area contributed by atoms with Crippen LogP contribution in [0.25, 0.3) is 0 Å². The molecule has 7 heteroatoms. The van der Waals surface area contributed by atoms with Crippen LogP contribution in [0.15, 0.2) is 42.5 Å². The molecule has 0 bridgehead atoms. The van der Waals surface area contributed by atoms with Crippen molar-refractivity contribution < 1.29 is 23.5 Å². The van der Waals surface area contributed by atoms with Crippen molar-refractivity contribution >= 4 is 29.2 Å². The fraction of sp³-hybridized carbons (Fsp3) is 0.222. The highest BCUT2D eigenvalue weighted by Gasteiger charge is 2.17. The quantitative estimate of drug-likeness (QED) is 0.784. The molecule has 2 aromatic rings. The first-order chi connectivity index (χ1) is 11.9. The maximum absolute atomic E-state index is 12.9. The first-order valence-corrected chi connectivity index (χ1v) is 7.98. The van der Waals surface area contributed by atoms with Crippen molar-refractivity contribution in [1.29, 1.82) is 0 Å². The minimum Gasteiger partial charge on any atom is -0.481 e. The summed E-state index contributed by atoms with van der Waals surface area (Å²) in [7, 11) is 0. The average molecular weight is 366 g/mol. The summed E-state index contributed by atoms with van der Waals surface area (Å²) in [5, 5.41) is 2.82. The molecule has 0 radical (unpaired) electrons. The molecule has 5 nitrogen and oxygen atoms in total. The number of amides is 1. The fourth-order valence-electron chi connectivity index (χ4n) is 1.96. The molecule has 0 saturated carbocycles. The van der Waals surface area contributed by atoms with E-state index in [0.29, 0.717) is 17.0 Å². The van der Waals surface area contributed by atoms with E-state index in [2.05, 4.69) is 5.32 Å². The van der Waals surface area contributed by atoms with Crippen molar-refractivity contribution in [3.8, 4) is 5.75 Å². The van der Waals surface area contributed by atoms with Crippen LogP contribution in [0.4, 0.5) is 10.1 Å². The van der Waals surface area contributed by atoms with Gasteiger partial charge in [0.25, 0.3) is 5.91 Å². The lowest BCUT2D eigenvalue weighted by atomic mass is 10.2. The van der Waals surface area contributed by atoms with Gasteiger partial charge in [-0.15, -0.1) is 0 Å². The molecule has 0 aliphatic carbocycles. The number of nitrogens with one attached hydrogen (secondary N) is 1. The SMILES string of the molecule is CCOC(=O)c1ccc(NC(=O)[C@H](C)Oc2ccc(F)cc2)c(Cl)c1. The van der Waals surface area contributed by atoms with Crippen LogP contribution in [0.5, 0.6) is 5.75 Å². The fourth-order valence-corrected chi connectivity index (χ4v) is 2.19. The third-order valence-electron chi connectivity index (χ3n) is 3.23. The molecule has 2 rings (SSSR count). The molecule has 0 unspecified atom stereocenters. The highest BCUT2D eigenvalue weighted by atomic mass is 35.5. The maximum atomic E-state index is 12.9. The van der Waals surface area contributed by atoms with E-state index in [1.807, 2.05) is 0 Å². The zero-order valence-electron chi connectivity index (χ0n) is 13.7. The van der Waals surface area contributed by atoms with Crippen molar-refractivity contribution in [2.24, 2.45) is 0 Å². The van der Waals surface area contributed by atoms with E-state index < -0.39 is 23.8 Å². The van der Waals surface area contributed by atoms with Gasteiger partial charge in [0.1, 0.15) is 11.6 Å². The summed E-state index contributed by atoms with van der Waals surface area (Å²) < 4.78 is 23.2. The number of esters is 1. The van der Waals surface area contributed by atoms with Gasteiger partial charge in [-0.3, -0.25) is 4.79 Å². The van der Waals surface area contributed by atoms with E-state index in [1.54, 1.807) is 13.8 Å². The van der Waals surface area contributed by atoms with Gasteiger partial charge in [-0.1, -0.05) is 11.6 Å². The number of carbonyl (C=O) groups is 2. The summed E-state index contributed by atoms with van der Waals surface area (Å²) in [6, 6.07) is 9.78. The van der Waals surface area contributed by atoms with Gasteiger partial charge in [0.15, 0.2) is 6.10 Å². The smallest absolute Gasteiger partial charge is 0.338 e. The van der Waals surface area contributed by atoms with Gasteiger partial charge in [-0.05, 0) is 56.3 Å². The molecule has 0 aliphatic rings. The lowest BCUT2D eigenvalue weighted by Crippen LogP contribution is -2.30. The average Bonchev–Trinajstić information content (AvgIpc) is 2.58. The van der Waals surface area contributed by atoms with Gasteiger partial charge in [0.05, 0.1) is 22.9 Å². The Morgan fingerprint density at radius 3 is 2.48 bits per heavy atom. The molecule has 2 aromatic carbocycles. The number of ether oxygens (including phenoxy) is 2. The van der Waals surface area contributed by atoms with E-state index in [0.717, 1.165) is 0 Å². The molecule has 0 aromatic heterocycles. The van der Waals surface area contributed by atoms with Crippen LogP contribution in [0.2, 0.25) is 5.02 Å². The highest BCUT2D eigenvalue weighted by molar-refractivity contribution is 6.34. The molecule has 1 atom stereocenters. The first-order valence-electron chi connectivity index (χ1n) is 7.60. The summed E-state index contributed by atoms with van der Waals surface area (Å²) in [6.07, 6.45) is -0.828. The minimum absolute atomic E-state index is 0.202. The van der Waals surface area contributed by atoms with Gasteiger partial charge < -0.3 is 14.8 Å². The number of rotatable bonds is 6. The third kappa shape index (κ3) is 5.19. The largest absolute Gasteiger partial charge is 0.481 e. The molecule has 1 N–H and O–H groups in total. The first kappa shape index (κ1) is 18.7. The molecule has 25 heavy (non-hydrogen) atoms. The predicted molar refractivity (Wildman–Crippen MR) is 92.5 cm³/mol. The Morgan fingerprint density at radius 2 is 1.88 bits per heavy atom. The second-order valence-corrected chi connectivity index (χ2v) is 5.53. The zero-order valence-corrected chi connectivity index (χ0v) is 14.5. The second-order valence-electron chi connectivity index (χ2n) is 5.12. The zero-order chi connectivity index (χ0) is 18.4. The molecular formula is C18H17ClFNO4. The summed E-state index contributed by atoms with van der Waals surface area (Å²) in [6.45, 7) is 3.52. The second kappa shape index (κ2) is 8.48. The Bertz CT molecular complexity index is 764. The van der Waals surface area contributed by atoms with Crippen LogP contribution in [0.1, 0.15) is 24.2 Å². The maximum Gasteiger partial charge on any atom is 0.338 e. The summed E-state index contributed by atoms with van der Waals surface area (Å²) >= 11 is 6.10. The highest BCUT2D eigenvalue weighted by Crippen LogP contribution is 2.24. The lowest BCUT2D eigenvalue weighted by Gasteiger charge is -2.15. The van der Waals surface area contributed by atoms with Crippen molar-refractivity contribution in [2.45, 2.75) is 20.0 Å². The number of carbonyl (C=O) groups excluding carboxylic acids is 2. The summed E-state index contributed by atoms with van der Waals surface area (Å²) in [5.74, 6) is -0.948. The molecule has 132 valence electrons. The Morgan fingerprint density at radius 1 is 1.20 bits per heavy atom. The minimum atomic E-state index is -0.828. The standard InChI is InChI=1S/C18H17ClFNO4/c1-3-24-18(23)12-4-9-16(15(19)10-12)21-17(22)11(2)25-14-7-5-13(20)6-8-14/h4-11H,3H2,1-2H3,(H,21,22)/t11-/m0/s1. The normalized spacial score (nSPS) is 11.5. The molecule has 0 saturated heterocycles. The summed E-state index contributed by atoms with van der Waals surface area (Å²) in [5.41, 5.74) is 0.634. The number of halogens is 2. The van der Waals surface area contributed by atoms with E-state index in [9.17, 15) is 14.0 Å². The molecule has 0 aliphatic heterocycles. The Kier molecular flexibility index (Phi) is 6.36. The number of benzene rings is 2. The predicted octanol–water partition coefficient (Wildman–Crippen LogP) is 4.06. The monoisotopic (exact) mass is 365 g/mol. The van der Waals surface area contributed by atoms with Crippen LogP contribution in [0, 0.1) is 5.82 Å².